The van der Waals surface area contributed by atoms with Crippen molar-refractivity contribution in [3.05, 3.63) is 58.1 Å². The van der Waals surface area contributed by atoms with Gasteiger partial charge < -0.3 is 10.5 Å². The second-order valence-corrected chi connectivity index (χ2v) is 4.43. The maximum Gasteiger partial charge on any atom is 0.146 e. The molecule has 2 aromatic rings. The summed E-state index contributed by atoms with van der Waals surface area (Å²) < 4.78 is 5.65. The summed E-state index contributed by atoms with van der Waals surface area (Å²) in [5.74, 6) is 0.889. The molecule has 3 N–H and O–H groups in total. The molecule has 0 radical (unpaired) electrons. The standard InChI is InChI=1S/C13H10Cl2N2O/c14-8-5-6-12(10(15)7-8)18-11-4-2-1-3-9(11)13(16)17/h1-7H,(H3,16,17). The van der Waals surface area contributed by atoms with E-state index in [9.17, 15) is 0 Å². The molecule has 0 unspecified atom stereocenters. The van der Waals surface area contributed by atoms with Crippen molar-refractivity contribution in [2.45, 2.75) is 0 Å². The van der Waals surface area contributed by atoms with Gasteiger partial charge in [-0.3, -0.25) is 5.41 Å². The Morgan fingerprint density at radius 1 is 1.06 bits per heavy atom. The largest absolute Gasteiger partial charge is 0.455 e. The van der Waals surface area contributed by atoms with Gasteiger partial charge in [-0.1, -0.05) is 35.3 Å². The summed E-state index contributed by atoms with van der Waals surface area (Å²) in [6, 6.07) is 12.0. The van der Waals surface area contributed by atoms with Gasteiger partial charge in [0.1, 0.15) is 17.3 Å². The molecule has 0 saturated heterocycles. The van der Waals surface area contributed by atoms with Crippen molar-refractivity contribution in [3.63, 3.8) is 0 Å². The van der Waals surface area contributed by atoms with Crippen LogP contribution in [0.15, 0.2) is 42.5 Å². The van der Waals surface area contributed by atoms with E-state index in [0.29, 0.717) is 27.1 Å². The van der Waals surface area contributed by atoms with Crippen LogP contribution in [-0.4, -0.2) is 5.84 Å². The van der Waals surface area contributed by atoms with Gasteiger partial charge in [0.05, 0.1) is 10.6 Å². The summed E-state index contributed by atoms with van der Waals surface area (Å²) in [6.45, 7) is 0. The van der Waals surface area contributed by atoms with Crippen LogP contribution in [0, 0.1) is 5.41 Å². The fourth-order valence-electron chi connectivity index (χ4n) is 1.45. The van der Waals surface area contributed by atoms with Gasteiger partial charge in [0.15, 0.2) is 0 Å². The zero-order chi connectivity index (χ0) is 13.1. The van der Waals surface area contributed by atoms with Crippen LogP contribution in [0.25, 0.3) is 0 Å². The molecule has 18 heavy (non-hydrogen) atoms. The third-order valence-electron chi connectivity index (χ3n) is 2.29. The Morgan fingerprint density at radius 2 is 1.78 bits per heavy atom. The molecule has 0 bridgehead atoms. The summed E-state index contributed by atoms with van der Waals surface area (Å²) in [7, 11) is 0. The number of ether oxygens (including phenoxy) is 1. The number of hydrogen-bond acceptors (Lipinski definition) is 2. The second-order valence-electron chi connectivity index (χ2n) is 3.59. The van der Waals surface area contributed by atoms with Crippen molar-refractivity contribution in [1.29, 1.82) is 5.41 Å². The second kappa shape index (κ2) is 5.29. The highest BCUT2D eigenvalue weighted by Crippen LogP contribution is 2.32. The van der Waals surface area contributed by atoms with E-state index in [0.717, 1.165) is 0 Å². The summed E-state index contributed by atoms with van der Waals surface area (Å²) in [6.07, 6.45) is 0. The summed E-state index contributed by atoms with van der Waals surface area (Å²) >= 11 is 11.8. The molecule has 0 aliphatic carbocycles. The van der Waals surface area contributed by atoms with Gasteiger partial charge in [0.25, 0.3) is 0 Å². The molecule has 0 spiro atoms. The molecule has 0 aromatic heterocycles. The minimum Gasteiger partial charge on any atom is -0.455 e. The van der Waals surface area contributed by atoms with E-state index in [1.165, 1.54) is 0 Å². The number of para-hydroxylation sites is 1. The van der Waals surface area contributed by atoms with Crippen molar-refractivity contribution in [3.8, 4) is 11.5 Å². The molecule has 2 rings (SSSR count). The van der Waals surface area contributed by atoms with E-state index in [4.69, 9.17) is 39.1 Å². The Kier molecular flexibility index (Phi) is 3.75. The van der Waals surface area contributed by atoms with Gasteiger partial charge in [-0.25, -0.2) is 0 Å². The van der Waals surface area contributed by atoms with E-state index < -0.39 is 0 Å². The molecule has 0 heterocycles. The summed E-state index contributed by atoms with van der Waals surface area (Å²) in [5.41, 5.74) is 6.00. The molecule has 0 aliphatic rings. The zero-order valence-corrected chi connectivity index (χ0v) is 10.8. The Labute approximate surface area is 115 Å². The van der Waals surface area contributed by atoms with Gasteiger partial charge in [-0.15, -0.1) is 0 Å². The van der Waals surface area contributed by atoms with Gasteiger partial charge in [-0.2, -0.15) is 0 Å². The minimum atomic E-state index is -0.0596. The highest BCUT2D eigenvalue weighted by Gasteiger charge is 2.09. The number of rotatable bonds is 3. The number of benzene rings is 2. The molecular formula is C13H10Cl2N2O. The number of halogens is 2. The quantitative estimate of drug-likeness (QED) is 0.658. The average Bonchev–Trinajstić information content (AvgIpc) is 2.33. The van der Waals surface area contributed by atoms with Crippen molar-refractivity contribution in [2.24, 2.45) is 5.73 Å². The molecule has 0 saturated carbocycles. The first-order chi connectivity index (χ1) is 8.58. The molecule has 0 aliphatic heterocycles. The SMILES string of the molecule is N=C(N)c1ccccc1Oc1ccc(Cl)cc1Cl. The maximum absolute atomic E-state index is 7.47. The van der Waals surface area contributed by atoms with E-state index in [1.807, 2.05) is 0 Å². The third kappa shape index (κ3) is 2.75. The predicted molar refractivity (Wildman–Crippen MR) is 74.0 cm³/mol. The van der Waals surface area contributed by atoms with Crippen molar-refractivity contribution in [2.75, 3.05) is 0 Å². The van der Waals surface area contributed by atoms with E-state index in [-0.39, 0.29) is 5.84 Å². The lowest BCUT2D eigenvalue weighted by atomic mass is 10.2. The molecule has 0 fully saturated rings. The molecule has 92 valence electrons. The lowest BCUT2D eigenvalue weighted by molar-refractivity contribution is 0.482. The third-order valence-corrected chi connectivity index (χ3v) is 2.82. The van der Waals surface area contributed by atoms with Crippen LogP contribution in [-0.2, 0) is 0 Å². The van der Waals surface area contributed by atoms with Crippen LogP contribution >= 0.6 is 23.2 Å². The Morgan fingerprint density at radius 3 is 2.44 bits per heavy atom. The number of nitrogen functional groups attached to an aromatic ring is 1. The van der Waals surface area contributed by atoms with Crippen LogP contribution in [0.2, 0.25) is 10.0 Å². The fraction of sp³-hybridized carbons (Fsp3) is 0. The van der Waals surface area contributed by atoms with E-state index in [2.05, 4.69) is 0 Å². The number of nitrogens with two attached hydrogens (primary N) is 1. The van der Waals surface area contributed by atoms with Crippen molar-refractivity contribution in [1.82, 2.24) is 0 Å². The Hall–Kier alpha value is -1.71. The Balaban J connectivity index is 2.37. The first kappa shape index (κ1) is 12.7. The van der Waals surface area contributed by atoms with Crippen LogP contribution in [0.3, 0.4) is 0 Å². The lowest BCUT2D eigenvalue weighted by Crippen LogP contribution is -2.12. The molecule has 2 aromatic carbocycles. The van der Waals surface area contributed by atoms with Crippen LogP contribution in [0.5, 0.6) is 11.5 Å². The topological polar surface area (TPSA) is 59.1 Å². The Bertz CT molecular complexity index is 599. The van der Waals surface area contributed by atoms with Crippen LogP contribution in [0.1, 0.15) is 5.56 Å². The van der Waals surface area contributed by atoms with E-state index >= 15 is 0 Å². The molecule has 5 heteroatoms. The van der Waals surface area contributed by atoms with Gasteiger partial charge in [0.2, 0.25) is 0 Å². The predicted octanol–water partition coefficient (Wildman–Crippen LogP) is 4.07. The minimum absolute atomic E-state index is 0.0596. The van der Waals surface area contributed by atoms with E-state index in [1.54, 1.807) is 42.5 Å². The first-order valence-corrected chi connectivity index (χ1v) is 5.90. The monoisotopic (exact) mass is 280 g/mol. The summed E-state index contributed by atoms with van der Waals surface area (Å²) in [5, 5.41) is 8.41. The van der Waals surface area contributed by atoms with Gasteiger partial charge >= 0.3 is 0 Å². The average molecular weight is 281 g/mol. The highest BCUT2D eigenvalue weighted by molar-refractivity contribution is 6.35. The molecule has 0 amide bonds. The number of amidine groups is 1. The summed E-state index contributed by atoms with van der Waals surface area (Å²) in [4.78, 5) is 0. The zero-order valence-electron chi connectivity index (χ0n) is 9.28. The molecule has 3 nitrogen and oxygen atoms in total. The first-order valence-electron chi connectivity index (χ1n) is 5.14. The van der Waals surface area contributed by atoms with Gasteiger partial charge in [0, 0.05) is 5.02 Å². The van der Waals surface area contributed by atoms with Crippen LogP contribution < -0.4 is 10.5 Å². The maximum atomic E-state index is 7.47. The van der Waals surface area contributed by atoms with Crippen LogP contribution in [0.4, 0.5) is 0 Å². The number of nitrogens with one attached hydrogen (secondary N) is 1. The molecular weight excluding hydrogens is 271 g/mol. The van der Waals surface area contributed by atoms with Crippen molar-refractivity contribution >= 4 is 29.0 Å². The van der Waals surface area contributed by atoms with Gasteiger partial charge in [-0.05, 0) is 30.3 Å². The smallest absolute Gasteiger partial charge is 0.146 e. The fourth-order valence-corrected chi connectivity index (χ4v) is 1.90. The number of hydrogen-bond donors (Lipinski definition) is 2. The molecule has 0 atom stereocenters. The highest BCUT2D eigenvalue weighted by atomic mass is 35.5. The normalized spacial score (nSPS) is 10.1. The van der Waals surface area contributed by atoms with Crippen molar-refractivity contribution < 1.29 is 4.74 Å². The lowest BCUT2D eigenvalue weighted by Gasteiger charge is -2.11.